The highest BCUT2D eigenvalue weighted by atomic mass is 16.5. The van der Waals surface area contributed by atoms with Crippen molar-refractivity contribution in [3.63, 3.8) is 0 Å². The maximum absolute atomic E-state index is 12.8. The van der Waals surface area contributed by atoms with Gasteiger partial charge in [0.15, 0.2) is 6.23 Å². The SMILES string of the molecule is O=CN1C2CCC1CC(Oc1ccc(-c3n[nH]c4ccc(C(=O)N[C@@H](O)c5ccccc5)cc34)cc1)C2. The second-order valence-electron chi connectivity index (χ2n) is 9.79. The van der Waals surface area contributed by atoms with Crippen molar-refractivity contribution in [2.24, 2.45) is 0 Å². The van der Waals surface area contributed by atoms with E-state index in [0.717, 1.165) is 60.0 Å². The van der Waals surface area contributed by atoms with Crippen molar-refractivity contribution in [2.75, 3.05) is 0 Å². The predicted molar refractivity (Wildman–Crippen MR) is 139 cm³/mol. The van der Waals surface area contributed by atoms with Crippen molar-refractivity contribution in [3.05, 3.63) is 83.9 Å². The van der Waals surface area contributed by atoms with Crippen molar-refractivity contribution < 1.29 is 19.4 Å². The molecule has 2 unspecified atom stereocenters. The van der Waals surface area contributed by atoms with Crippen molar-refractivity contribution in [3.8, 4) is 17.0 Å². The number of hydrogen-bond acceptors (Lipinski definition) is 5. The van der Waals surface area contributed by atoms with Crippen LogP contribution in [0.2, 0.25) is 0 Å². The number of nitrogens with one attached hydrogen (secondary N) is 2. The Morgan fingerprint density at radius 1 is 1.05 bits per heavy atom. The first-order chi connectivity index (χ1) is 18.1. The number of H-pyrrole nitrogens is 1. The van der Waals surface area contributed by atoms with E-state index in [0.29, 0.717) is 11.1 Å². The van der Waals surface area contributed by atoms with Gasteiger partial charge in [0.1, 0.15) is 11.9 Å². The molecule has 1 aromatic heterocycles. The number of aromatic amines is 1. The maximum Gasteiger partial charge on any atom is 0.253 e. The molecule has 37 heavy (non-hydrogen) atoms. The molecule has 8 nitrogen and oxygen atoms in total. The molecule has 0 aliphatic carbocycles. The zero-order valence-electron chi connectivity index (χ0n) is 20.2. The third-order valence-electron chi connectivity index (χ3n) is 7.51. The Hall–Kier alpha value is -4.17. The number of hydrogen-bond donors (Lipinski definition) is 3. The number of aromatic nitrogens is 2. The Labute approximate surface area is 214 Å². The average Bonchev–Trinajstić information content (AvgIpc) is 3.46. The highest BCUT2D eigenvalue weighted by Crippen LogP contribution is 2.36. The van der Waals surface area contributed by atoms with Crippen LogP contribution >= 0.6 is 0 Å². The van der Waals surface area contributed by atoms with E-state index in [4.69, 9.17) is 4.74 Å². The van der Waals surface area contributed by atoms with E-state index in [1.807, 2.05) is 53.4 Å². The van der Waals surface area contributed by atoms with Gasteiger partial charge in [0.05, 0.1) is 11.2 Å². The van der Waals surface area contributed by atoms with Gasteiger partial charge in [-0.05, 0) is 55.3 Å². The van der Waals surface area contributed by atoms with Gasteiger partial charge in [-0.3, -0.25) is 14.7 Å². The highest BCUT2D eigenvalue weighted by molar-refractivity contribution is 6.01. The van der Waals surface area contributed by atoms with E-state index < -0.39 is 6.23 Å². The van der Waals surface area contributed by atoms with E-state index in [-0.39, 0.29) is 24.1 Å². The summed E-state index contributed by atoms with van der Waals surface area (Å²) in [6, 6.07) is 22.7. The molecule has 0 saturated carbocycles. The van der Waals surface area contributed by atoms with Crippen LogP contribution in [0, 0.1) is 0 Å². The number of aliphatic hydroxyl groups is 1. The summed E-state index contributed by atoms with van der Waals surface area (Å²) < 4.78 is 6.27. The maximum atomic E-state index is 12.8. The minimum absolute atomic E-state index is 0.109. The van der Waals surface area contributed by atoms with Gasteiger partial charge in [-0.1, -0.05) is 30.3 Å². The van der Waals surface area contributed by atoms with Gasteiger partial charge < -0.3 is 20.1 Å². The van der Waals surface area contributed by atoms with Gasteiger partial charge in [0.2, 0.25) is 6.41 Å². The standard InChI is InChI=1S/C29H28N4O4/c34-17-33-21-9-10-22(33)16-24(15-21)37-23-11-6-18(7-12-23)27-25-14-20(8-13-26(25)31-32-27)29(36)30-28(35)19-4-2-1-3-5-19/h1-8,11-14,17,21-22,24,28,35H,9-10,15-16H2,(H,30,36)(H,31,32)/t21?,22?,24?,28-/m0/s1. The van der Waals surface area contributed by atoms with Gasteiger partial charge in [-0.2, -0.15) is 5.10 Å². The zero-order chi connectivity index (χ0) is 25.4. The molecule has 0 spiro atoms. The summed E-state index contributed by atoms with van der Waals surface area (Å²) in [5.41, 5.74) is 3.49. The summed E-state index contributed by atoms with van der Waals surface area (Å²) in [6.07, 6.45) is 3.84. The molecule has 2 aliphatic heterocycles. The third kappa shape index (κ3) is 4.56. The lowest BCUT2D eigenvalue weighted by Gasteiger charge is -2.36. The molecule has 3 heterocycles. The van der Waals surface area contributed by atoms with E-state index in [1.165, 1.54) is 0 Å². The number of fused-ring (bicyclic) bond motifs is 3. The van der Waals surface area contributed by atoms with Gasteiger partial charge in [-0.15, -0.1) is 0 Å². The van der Waals surface area contributed by atoms with Crippen LogP contribution in [0.3, 0.4) is 0 Å². The topological polar surface area (TPSA) is 108 Å². The Morgan fingerprint density at radius 2 is 1.78 bits per heavy atom. The summed E-state index contributed by atoms with van der Waals surface area (Å²) in [7, 11) is 0. The second-order valence-corrected chi connectivity index (χ2v) is 9.79. The summed E-state index contributed by atoms with van der Waals surface area (Å²) in [5.74, 6) is 0.422. The second kappa shape index (κ2) is 9.71. The molecule has 188 valence electrons. The number of aliphatic hydroxyl groups excluding tert-OH is 1. The highest BCUT2D eigenvalue weighted by Gasteiger charge is 2.40. The molecular weight excluding hydrogens is 468 g/mol. The van der Waals surface area contributed by atoms with Crippen LogP contribution < -0.4 is 10.1 Å². The van der Waals surface area contributed by atoms with Gasteiger partial charge in [-0.25, -0.2) is 0 Å². The lowest BCUT2D eigenvalue weighted by Crippen LogP contribution is -2.45. The smallest absolute Gasteiger partial charge is 0.253 e. The summed E-state index contributed by atoms with van der Waals surface area (Å²) in [5, 5.41) is 21.3. The van der Waals surface area contributed by atoms with Crippen LogP contribution in [0.15, 0.2) is 72.8 Å². The van der Waals surface area contributed by atoms with Crippen LogP contribution in [0.5, 0.6) is 5.75 Å². The number of piperidine rings is 1. The molecule has 3 atom stereocenters. The lowest BCUT2D eigenvalue weighted by molar-refractivity contribution is -0.123. The Bertz CT molecular complexity index is 1410. The molecule has 8 heteroatoms. The van der Waals surface area contributed by atoms with Crippen LogP contribution in [0.25, 0.3) is 22.2 Å². The van der Waals surface area contributed by atoms with E-state index in [1.54, 1.807) is 24.3 Å². The Kier molecular flexibility index (Phi) is 6.10. The molecule has 2 saturated heterocycles. The molecule has 2 bridgehead atoms. The number of ether oxygens (including phenoxy) is 1. The van der Waals surface area contributed by atoms with Crippen LogP contribution in [-0.2, 0) is 4.79 Å². The van der Waals surface area contributed by atoms with Gasteiger partial charge in [0, 0.05) is 47.0 Å². The monoisotopic (exact) mass is 496 g/mol. The number of rotatable bonds is 7. The van der Waals surface area contributed by atoms with E-state index >= 15 is 0 Å². The average molecular weight is 497 g/mol. The van der Waals surface area contributed by atoms with E-state index in [9.17, 15) is 14.7 Å². The van der Waals surface area contributed by atoms with Crippen molar-refractivity contribution in [2.45, 2.75) is 50.1 Å². The fourth-order valence-electron chi connectivity index (χ4n) is 5.62. The summed E-state index contributed by atoms with van der Waals surface area (Å²) in [4.78, 5) is 26.1. The fourth-order valence-corrected chi connectivity index (χ4v) is 5.62. The third-order valence-corrected chi connectivity index (χ3v) is 7.51. The summed E-state index contributed by atoms with van der Waals surface area (Å²) in [6.45, 7) is 0. The molecule has 0 radical (unpaired) electrons. The molecule has 2 fully saturated rings. The van der Waals surface area contributed by atoms with Crippen LogP contribution in [-0.4, -0.2) is 50.7 Å². The molecule has 2 aliphatic rings. The molecule has 2 amide bonds. The zero-order valence-corrected chi connectivity index (χ0v) is 20.2. The number of carbonyl (C=O) groups excluding carboxylic acids is 2. The number of nitrogens with zero attached hydrogens (tertiary/aromatic N) is 2. The molecule has 3 N–H and O–H groups in total. The minimum Gasteiger partial charge on any atom is -0.490 e. The normalized spacial score (nSPS) is 21.5. The molecule has 6 rings (SSSR count). The minimum atomic E-state index is -1.10. The predicted octanol–water partition coefficient (Wildman–Crippen LogP) is 4.18. The molecule has 3 aromatic carbocycles. The Balaban J connectivity index is 1.17. The summed E-state index contributed by atoms with van der Waals surface area (Å²) >= 11 is 0. The van der Waals surface area contributed by atoms with Crippen molar-refractivity contribution in [1.82, 2.24) is 20.4 Å². The van der Waals surface area contributed by atoms with Gasteiger partial charge >= 0.3 is 0 Å². The first kappa shape index (κ1) is 23.2. The fraction of sp³-hybridized carbons (Fsp3) is 0.276. The quantitative estimate of drug-likeness (QED) is 0.263. The lowest BCUT2D eigenvalue weighted by atomic mass is 10.0. The largest absolute Gasteiger partial charge is 0.490 e. The molecule has 4 aromatic rings. The first-order valence-electron chi connectivity index (χ1n) is 12.6. The van der Waals surface area contributed by atoms with E-state index in [2.05, 4.69) is 15.5 Å². The first-order valence-corrected chi connectivity index (χ1v) is 12.6. The number of amides is 2. The number of benzene rings is 3. The van der Waals surface area contributed by atoms with Gasteiger partial charge in [0.25, 0.3) is 5.91 Å². The molecular formula is C29H28N4O4. The van der Waals surface area contributed by atoms with Crippen molar-refractivity contribution in [1.29, 1.82) is 0 Å². The van der Waals surface area contributed by atoms with Crippen molar-refractivity contribution >= 4 is 23.2 Å². The number of carbonyl (C=O) groups is 2. The van der Waals surface area contributed by atoms with Crippen LogP contribution in [0.1, 0.15) is 47.8 Å². The Morgan fingerprint density at radius 3 is 2.49 bits per heavy atom. The van der Waals surface area contributed by atoms with Crippen LogP contribution in [0.4, 0.5) is 0 Å².